The molecule has 0 unspecified atom stereocenters. The number of carbonyl (C=O) groups is 3. The summed E-state index contributed by atoms with van der Waals surface area (Å²) in [5.74, 6) is 1.28. The van der Waals surface area contributed by atoms with Crippen LogP contribution < -0.4 is 10.6 Å². The van der Waals surface area contributed by atoms with Gasteiger partial charge >= 0.3 is 0 Å². The third-order valence-corrected chi connectivity index (χ3v) is 5.07. The molecule has 0 heterocycles. The molecule has 0 saturated heterocycles. The molecule has 0 aromatic rings. The second kappa shape index (κ2) is 12.0. The summed E-state index contributed by atoms with van der Waals surface area (Å²) >= 11 is 0. The summed E-state index contributed by atoms with van der Waals surface area (Å²) in [4.78, 5) is 35.5. The fourth-order valence-electron chi connectivity index (χ4n) is 3.37. The van der Waals surface area contributed by atoms with Gasteiger partial charge in [-0.1, -0.05) is 27.2 Å². The number of Topliss-reactive ketones (excluding diaryl/α,β-unsaturated/α-hetero) is 1. The molecule has 5 heteroatoms. The van der Waals surface area contributed by atoms with Crippen molar-refractivity contribution >= 4 is 17.6 Å². The average molecular weight is 353 g/mol. The highest BCUT2D eigenvalue weighted by Gasteiger charge is 2.27. The van der Waals surface area contributed by atoms with Crippen molar-refractivity contribution in [3.05, 3.63) is 0 Å². The molecule has 1 saturated carbocycles. The van der Waals surface area contributed by atoms with Crippen LogP contribution in [-0.2, 0) is 14.4 Å². The Morgan fingerprint density at radius 1 is 0.920 bits per heavy atom. The van der Waals surface area contributed by atoms with Crippen molar-refractivity contribution in [3.63, 3.8) is 0 Å². The summed E-state index contributed by atoms with van der Waals surface area (Å²) in [7, 11) is 0. The largest absolute Gasteiger partial charge is 0.356 e. The highest BCUT2D eigenvalue weighted by molar-refractivity contribution is 5.82. The van der Waals surface area contributed by atoms with Gasteiger partial charge in [-0.15, -0.1) is 0 Å². The Kier molecular flexibility index (Phi) is 10.4. The van der Waals surface area contributed by atoms with E-state index in [4.69, 9.17) is 0 Å². The Bertz CT molecular complexity index is 427. The third kappa shape index (κ3) is 9.03. The lowest BCUT2D eigenvalue weighted by molar-refractivity contribution is -0.127. The van der Waals surface area contributed by atoms with E-state index in [1.165, 1.54) is 0 Å². The minimum Gasteiger partial charge on any atom is -0.356 e. The van der Waals surface area contributed by atoms with Crippen LogP contribution in [0.1, 0.15) is 78.6 Å². The molecule has 1 aliphatic carbocycles. The first-order valence-electron chi connectivity index (χ1n) is 10.0. The fraction of sp³-hybridized carbons (Fsp3) is 0.850. The molecular weight excluding hydrogens is 316 g/mol. The predicted molar refractivity (Wildman–Crippen MR) is 100 cm³/mol. The number of hydrogen-bond acceptors (Lipinski definition) is 3. The monoisotopic (exact) mass is 352 g/mol. The summed E-state index contributed by atoms with van der Waals surface area (Å²) in [6.07, 6.45) is 7.42. The van der Waals surface area contributed by atoms with E-state index in [-0.39, 0.29) is 23.7 Å². The minimum absolute atomic E-state index is 0.0294. The van der Waals surface area contributed by atoms with E-state index < -0.39 is 0 Å². The number of rotatable bonds is 11. The Balaban J connectivity index is 2.09. The summed E-state index contributed by atoms with van der Waals surface area (Å²) < 4.78 is 0. The van der Waals surface area contributed by atoms with Crippen molar-refractivity contribution < 1.29 is 14.4 Å². The van der Waals surface area contributed by atoms with Gasteiger partial charge in [0.25, 0.3) is 0 Å². The van der Waals surface area contributed by atoms with Gasteiger partial charge in [0, 0.05) is 37.8 Å². The zero-order valence-corrected chi connectivity index (χ0v) is 16.2. The van der Waals surface area contributed by atoms with Crippen molar-refractivity contribution in [2.24, 2.45) is 17.8 Å². The van der Waals surface area contributed by atoms with Gasteiger partial charge in [0.2, 0.25) is 11.8 Å². The topological polar surface area (TPSA) is 75.3 Å². The van der Waals surface area contributed by atoms with Crippen LogP contribution in [0.25, 0.3) is 0 Å². The van der Waals surface area contributed by atoms with Crippen molar-refractivity contribution in [2.75, 3.05) is 13.1 Å². The molecule has 144 valence electrons. The Morgan fingerprint density at radius 2 is 1.52 bits per heavy atom. The van der Waals surface area contributed by atoms with Crippen LogP contribution in [0.15, 0.2) is 0 Å². The van der Waals surface area contributed by atoms with E-state index in [0.29, 0.717) is 37.5 Å². The number of carbonyl (C=O) groups excluding carboxylic acids is 3. The number of ketones is 1. The highest BCUT2D eigenvalue weighted by Crippen LogP contribution is 2.30. The van der Waals surface area contributed by atoms with Crippen LogP contribution >= 0.6 is 0 Å². The molecular formula is C20H36N2O3. The van der Waals surface area contributed by atoms with Crippen LogP contribution in [0.4, 0.5) is 0 Å². The molecule has 0 aromatic carbocycles. The predicted octanol–water partition coefficient (Wildman–Crippen LogP) is 3.22. The second-order valence-corrected chi connectivity index (χ2v) is 7.64. The SMILES string of the molecule is CCCCNC(=O)CCCC(=O)NCC1CCC(C(=O)C(C)C)CC1. The van der Waals surface area contributed by atoms with Gasteiger partial charge < -0.3 is 10.6 Å². The van der Waals surface area contributed by atoms with Crippen LogP contribution in [0, 0.1) is 17.8 Å². The van der Waals surface area contributed by atoms with Gasteiger partial charge in [-0.2, -0.15) is 0 Å². The van der Waals surface area contributed by atoms with Gasteiger partial charge in [0.1, 0.15) is 5.78 Å². The maximum atomic E-state index is 12.0. The molecule has 0 atom stereocenters. The average Bonchev–Trinajstić information content (AvgIpc) is 2.60. The molecule has 0 aliphatic heterocycles. The van der Waals surface area contributed by atoms with E-state index >= 15 is 0 Å². The molecule has 1 fully saturated rings. The molecule has 0 bridgehead atoms. The van der Waals surface area contributed by atoms with Gasteiger partial charge in [-0.3, -0.25) is 14.4 Å². The number of nitrogens with one attached hydrogen (secondary N) is 2. The lowest BCUT2D eigenvalue weighted by Gasteiger charge is -2.28. The van der Waals surface area contributed by atoms with Crippen LogP contribution in [-0.4, -0.2) is 30.7 Å². The maximum absolute atomic E-state index is 12.0. The van der Waals surface area contributed by atoms with E-state index in [0.717, 1.165) is 45.1 Å². The molecule has 5 nitrogen and oxygen atoms in total. The first kappa shape index (κ1) is 21.7. The summed E-state index contributed by atoms with van der Waals surface area (Å²) in [5, 5.41) is 5.85. The lowest BCUT2D eigenvalue weighted by atomic mass is 9.78. The van der Waals surface area contributed by atoms with Gasteiger partial charge in [-0.25, -0.2) is 0 Å². The molecule has 0 radical (unpaired) electrons. The first-order chi connectivity index (χ1) is 11.9. The quantitative estimate of drug-likeness (QED) is 0.561. The van der Waals surface area contributed by atoms with Crippen molar-refractivity contribution in [1.29, 1.82) is 0 Å². The van der Waals surface area contributed by atoms with Crippen LogP contribution in [0.5, 0.6) is 0 Å². The summed E-state index contributed by atoms with van der Waals surface area (Å²) in [6, 6.07) is 0. The number of unbranched alkanes of at least 4 members (excludes halogenated alkanes) is 1. The van der Waals surface area contributed by atoms with Gasteiger partial charge in [0.15, 0.2) is 0 Å². The fourth-order valence-corrected chi connectivity index (χ4v) is 3.37. The van der Waals surface area contributed by atoms with E-state index in [2.05, 4.69) is 17.6 Å². The summed E-state index contributed by atoms with van der Waals surface area (Å²) in [6.45, 7) is 7.45. The van der Waals surface area contributed by atoms with E-state index in [1.807, 2.05) is 13.8 Å². The Morgan fingerprint density at radius 3 is 2.08 bits per heavy atom. The molecule has 0 aromatic heterocycles. The zero-order chi connectivity index (χ0) is 18.7. The Hall–Kier alpha value is -1.39. The molecule has 25 heavy (non-hydrogen) atoms. The van der Waals surface area contributed by atoms with Crippen molar-refractivity contribution in [3.8, 4) is 0 Å². The zero-order valence-electron chi connectivity index (χ0n) is 16.2. The molecule has 0 spiro atoms. The third-order valence-electron chi connectivity index (χ3n) is 5.07. The standard InChI is InChI=1S/C20H36N2O3/c1-4-5-13-21-18(23)7-6-8-19(24)22-14-16-9-11-17(12-10-16)20(25)15(2)3/h15-17H,4-14H2,1-3H3,(H,21,23)(H,22,24). The van der Waals surface area contributed by atoms with Crippen molar-refractivity contribution in [1.82, 2.24) is 10.6 Å². The maximum Gasteiger partial charge on any atom is 0.220 e. The summed E-state index contributed by atoms with van der Waals surface area (Å²) in [5.41, 5.74) is 0. The highest BCUT2D eigenvalue weighted by atomic mass is 16.2. The molecule has 2 N–H and O–H groups in total. The van der Waals surface area contributed by atoms with Crippen LogP contribution in [0.3, 0.4) is 0 Å². The first-order valence-corrected chi connectivity index (χ1v) is 10.0. The van der Waals surface area contributed by atoms with E-state index in [1.54, 1.807) is 0 Å². The smallest absolute Gasteiger partial charge is 0.220 e. The molecule has 1 aliphatic rings. The second-order valence-electron chi connectivity index (χ2n) is 7.64. The number of hydrogen-bond donors (Lipinski definition) is 2. The van der Waals surface area contributed by atoms with Gasteiger partial charge in [0.05, 0.1) is 0 Å². The minimum atomic E-state index is 0.0294. The van der Waals surface area contributed by atoms with Crippen molar-refractivity contribution in [2.45, 2.75) is 78.6 Å². The van der Waals surface area contributed by atoms with E-state index in [9.17, 15) is 14.4 Å². The molecule has 1 rings (SSSR count). The van der Waals surface area contributed by atoms with Crippen LogP contribution in [0.2, 0.25) is 0 Å². The normalized spacial score (nSPS) is 20.3. The lowest BCUT2D eigenvalue weighted by Crippen LogP contribution is -2.33. The number of amides is 2. The van der Waals surface area contributed by atoms with Gasteiger partial charge in [-0.05, 0) is 44.4 Å². The Labute approximate surface area is 152 Å². The molecule has 2 amide bonds.